The van der Waals surface area contributed by atoms with Crippen LogP contribution in [0.15, 0.2) is 18.2 Å². The van der Waals surface area contributed by atoms with E-state index in [2.05, 4.69) is 0 Å². The number of hydrogen-bond acceptors (Lipinski definition) is 3. The fraction of sp³-hybridized carbons (Fsp3) is 0.562. The van der Waals surface area contributed by atoms with E-state index in [0.717, 1.165) is 31.7 Å². The Balaban J connectivity index is 2.25. The summed E-state index contributed by atoms with van der Waals surface area (Å²) in [6.45, 7) is 2.98. The van der Waals surface area contributed by atoms with Crippen molar-refractivity contribution in [3.63, 3.8) is 0 Å². The lowest BCUT2D eigenvalue weighted by molar-refractivity contribution is 0.0555. The summed E-state index contributed by atoms with van der Waals surface area (Å²) in [5.74, 6) is -0.897. The predicted octanol–water partition coefficient (Wildman–Crippen LogP) is 2.51. The van der Waals surface area contributed by atoms with Crippen LogP contribution in [0.5, 0.6) is 5.75 Å². The zero-order valence-corrected chi connectivity index (χ0v) is 12.4. The quantitative estimate of drug-likeness (QED) is 0.896. The average molecular weight is 294 g/mol. The molecule has 2 unspecified atom stereocenters. The Kier molecular flexibility index (Phi) is 5.17. The van der Waals surface area contributed by atoms with Crippen LogP contribution >= 0.6 is 0 Å². The van der Waals surface area contributed by atoms with Gasteiger partial charge in [-0.1, -0.05) is 12.8 Å². The molecular weight excluding hydrogens is 271 g/mol. The molecule has 1 aliphatic carbocycles. The minimum absolute atomic E-state index is 0.0102. The van der Waals surface area contributed by atoms with Crippen LogP contribution in [0.3, 0.4) is 0 Å². The average Bonchev–Trinajstić information content (AvgIpc) is 2.48. The minimum Gasteiger partial charge on any atom is -0.508 e. The third-order valence-electron chi connectivity index (χ3n) is 4.36. The van der Waals surface area contributed by atoms with E-state index in [9.17, 15) is 14.3 Å². The molecule has 0 saturated heterocycles. The summed E-state index contributed by atoms with van der Waals surface area (Å²) in [5, 5.41) is 9.26. The van der Waals surface area contributed by atoms with Crippen molar-refractivity contribution in [3.05, 3.63) is 29.6 Å². The van der Waals surface area contributed by atoms with Gasteiger partial charge in [-0.3, -0.25) is 4.79 Å². The Morgan fingerprint density at radius 3 is 2.76 bits per heavy atom. The molecule has 1 fully saturated rings. The maximum atomic E-state index is 13.9. The van der Waals surface area contributed by atoms with Crippen LogP contribution in [0.25, 0.3) is 0 Å². The highest BCUT2D eigenvalue weighted by Gasteiger charge is 2.32. The van der Waals surface area contributed by atoms with Crippen molar-refractivity contribution in [1.82, 2.24) is 4.90 Å². The van der Waals surface area contributed by atoms with E-state index in [1.165, 1.54) is 12.1 Å². The number of phenolic OH excluding ortho intramolecular Hbond substituents is 1. The Bertz CT molecular complexity index is 507. The smallest absolute Gasteiger partial charge is 0.257 e. The first-order valence-electron chi connectivity index (χ1n) is 7.58. The molecule has 1 aromatic rings. The van der Waals surface area contributed by atoms with Gasteiger partial charge in [0, 0.05) is 18.7 Å². The third kappa shape index (κ3) is 3.35. The number of amides is 1. The number of carbonyl (C=O) groups is 1. The Hall–Kier alpha value is -1.62. The fourth-order valence-corrected chi connectivity index (χ4v) is 3.23. The summed E-state index contributed by atoms with van der Waals surface area (Å²) in [5.41, 5.74) is 5.84. The summed E-state index contributed by atoms with van der Waals surface area (Å²) in [4.78, 5) is 14.4. The number of nitrogens with zero attached hydrogens (tertiary/aromatic N) is 1. The third-order valence-corrected chi connectivity index (χ3v) is 4.36. The topological polar surface area (TPSA) is 66.6 Å². The summed E-state index contributed by atoms with van der Waals surface area (Å²) in [7, 11) is 0. The summed E-state index contributed by atoms with van der Waals surface area (Å²) < 4.78 is 13.9. The minimum atomic E-state index is -0.682. The second-order valence-electron chi connectivity index (χ2n) is 5.60. The SMILES string of the molecule is CCN(C(=O)c1ccc(O)cc1F)C1CCCCC1CN. The van der Waals surface area contributed by atoms with Crippen molar-refractivity contribution < 1.29 is 14.3 Å². The van der Waals surface area contributed by atoms with E-state index in [0.29, 0.717) is 13.1 Å². The van der Waals surface area contributed by atoms with Gasteiger partial charge in [0.25, 0.3) is 5.91 Å². The zero-order chi connectivity index (χ0) is 15.4. The van der Waals surface area contributed by atoms with Gasteiger partial charge in [-0.25, -0.2) is 4.39 Å². The largest absolute Gasteiger partial charge is 0.508 e. The first-order valence-corrected chi connectivity index (χ1v) is 7.58. The number of aromatic hydroxyl groups is 1. The molecule has 21 heavy (non-hydrogen) atoms. The number of carbonyl (C=O) groups excluding carboxylic acids is 1. The van der Waals surface area contributed by atoms with E-state index in [4.69, 9.17) is 5.73 Å². The molecule has 1 saturated carbocycles. The highest BCUT2D eigenvalue weighted by atomic mass is 19.1. The van der Waals surface area contributed by atoms with Crippen molar-refractivity contribution in [3.8, 4) is 5.75 Å². The van der Waals surface area contributed by atoms with Gasteiger partial charge in [0.05, 0.1) is 5.56 Å². The van der Waals surface area contributed by atoms with Crippen LogP contribution in [0, 0.1) is 11.7 Å². The van der Waals surface area contributed by atoms with Crippen molar-refractivity contribution >= 4 is 5.91 Å². The van der Waals surface area contributed by atoms with Crippen molar-refractivity contribution in [1.29, 1.82) is 0 Å². The van der Waals surface area contributed by atoms with Crippen LogP contribution < -0.4 is 5.73 Å². The van der Waals surface area contributed by atoms with Crippen LogP contribution in [0.1, 0.15) is 43.0 Å². The number of halogens is 1. The van der Waals surface area contributed by atoms with Gasteiger partial charge in [-0.05, 0) is 44.4 Å². The van der Waals surface area contributed by atoms with E-state index in [1.54, 1.807) is 4.90 Å². The molecular formula is C16H23FN2O2. The van der Waals surface area contributed by atoms with Gasteiger partial charge >= 0.3 is 0 Å². The van der Waals surface area contributed by atoms with E-state index in [-0.39, 0.29) is 29.2 Å². The maximum absolute atomic E-state index is 13.9. The van der Waals surface area contributed by atoms with E-state index in [1.807, 2.05) is 6.92 Å². The second kappa shape index (κ2) is 6.89. The molecule has 2 rings (SSSR count). The van der Waals surface area contributed by atoms with Gasteiger partial charge in [0.2, 0.25) is 0 Å². The number of phenols is 1. The molecule has 1 amide bonds. The zero-order valence-electron chi connectivity index (χ0n) is 12.4. The van der Waals surface area contributed by atoms with Crippen LogP contribution in [0.4, 0.5) is 4.39 Å². The fourth-order valence-electron chi connectivity index (χ4n) is 3.23. The van der Waals surface area contributed by atoms with Crippen LogP contribution in [-0.4, -0.2) is 35.0 Å². The molecule has 1 aliphatic rings. The van der Waals surface area contributed by atoms with Gasteiger partial charge in [-0.15, -0.1) is 0 Å². The number of benzene rings is 1. The van der Waals surface area contributed by atoms with Crippen molar-refractivity contribution in [2.45, 2.75) is 38.6 Å². The summed E-state index contributed by atoms with van der Waals surface area (Å²) in [6, 6.07) is 3.73. The first-order chi connectivity index (χ1) is 10.1. The molecule has 2 atom stereocenters. The molecule has 4 nitrogen and oxygen atoms in total. The van der Waals surface area contributed by atoms with Crippen molar-refractivity contribution in [2.24, 2.45) is 11.7 Å². The number of hydrogen-bond donors (Lipinski definition) is 2. The molecule has 3 N–H and O–H groups in total. The lowest BCUT2D eigenvalue weighted by Gasteiger charge is -2.39. The predicted molar refractivity (Wildman–Crippen MR) is 79.6 cm³/mol. The maximum Gasteiger partial charge on any atom is 0.257 e. The standard InChI is InChI=1S/C16H23FN2O2/c1-2-19(15-6-4-3-5-11(15)10-18)16(21)13-8-7-12(20)9-14(13)17/h7-9,11,15,20H,2-6,10,18H2,1H3. The molecule has 1 aromatic carbocycles. The normalized spacial score (nSPS) is 22.0. The Morgan fingerprint density at radius 1 is 1.43 bits per heavy atom. The molecule has 0 aliphatic heterocycles. The number of nitrogens with two attached hydrogens (primary N) is 1. The van der Waals surface area contributed by atoms with Gasteiger partial charge in [0.15, 0.2) is 0 Å². The van der Waals surface area contributed by atoms with Gasteiger partial charge < -0.3 is 15.7 Å². The highest BCUT2D eigenvalue weighted by molar-refractivity contribution is 5.94. The van der Waals surface area contributed by atoms with Gasteiger partial charge in [0.1, 0.15) is 11.6 Å². The Morgan fingerprint density at radius 2 is 2.14 bits per heavy atom. The second-order valence-corrected chi connectivity index (χ2v) is 5.60. The monoisotopic (exact) mass is 294 g/mol. The molecule has 116 valence electrons. The molecule has 0 spiro atoms. The molecule has 0 radical (unpaired) electrons. The van der Waals surface area contributed by atoms with Crippen LogP contribution in [-0.2, 0) is 0 Å². The van der Waals surface area contributed by atoms with E-state index >= 15 is 0 Å². The number of rotatable bonds is 4. The molecule has 5 heteroatoms. The lowest BCUT2D eigenvalue weighted by atomic mass is 9.83. The highest BCUT2D eigenvalue weighted by Crippen LogP contribution is 2.29. The molecule has 0 aromatic heterocycles. The Labute approximate surface area is 124 Å². The van der Waals surface area contributed by atoms with Gasteiger partial charge in [-0.2, -0.15) is 0 Å². The summed E-state index contributed by atoms with van der Waals surface area (Å²) in [6.07, 6.45) is 4.14. The molecule has 0 bridgehead atoms. The molecule has 0 heterocycles. The summed E-state index contributed by atoms with van der Waals surface area (Å²) >= 11 is 0. The lowest BCUT2D eigenvalue weighted by Crippen LogP contribution is -2.48. The van der Waals surface area contributed by atoms with Crippen molar-refractivity contribution in [2.75, 3.05) is 13.1 Å². The van der Waals surface area contributed by atoms with E-state index < -0.39 is 5.82 Å². The van der Waals surface area contributed by atoms with Crippen LogP contribution in [0.2, 0.25) is 0 Å². The first kappa shape index (κ1) is 15.8.